The summed E-state index contributed by atoms with van der Waals surface area (Å²) in [7, 11) is 1.56. The summed E-state index contributed by atoms with van der Waals surface area (Å²) in [6.45, 7) is 6.48. The van der Waals surface area contributed by atoms with E-state index in [1.807, 2.05) is 6.92 Å². The fourth-order valence-electron chi connectivity index (χ4n) is 2.69. The van der Waals surface area contributed by atoms with Crippen LogP contribution in [0.25, 0.3) is 0 Å². The summed E-state index contributed by atoms with van der Waals surface area (Å²) < 4.78 is 10.8. The van der Waals surface area contributed by atoms with Crippen molar-refractivity contribution in [3.63, 3.8) is 0 Å². The summed E-state index contributed by atoms with van der Waals surface area (Å²) in [5.74, 6) is 1.20. The van der Waals surface area contributed by atoms with Gasteiger partial charge in [-0.3, -0.25) is 9.59 Å². The van der Waals surface area contributed by atoms with E-state index in [0.717, 1.165) is 6.42 Å². The molecule has 2 rings (SSSR count). The molecule has 0 N–H and O–H groups in total. The van der Waals surface area contributed by atoms with Gasteiger partial charge in [0.05, 0.1) is 13.7 Å². The van der Waals surface area contributed by atoms with E-state index in [-0.39, 0.29) is 11.8 Å². The third kappa shape index (κ3) is 4.15. The average Bonchev–Trinajstić information content (AvgIpc) is 2.81. The minimum absolute atomic E-state index is 0.0447. The Balaban J connectivity index is 2.12. The Kier molecular flexibility index (Phi) is 5.84. The van der Waals surface area contributed by atoms with Crippen molar-refractivity contribution < 1.29 is 19.1 Å². The second-order valence-electron chi connectivity index (χ2n) is 5.45. The average molecular weight is 320 g/mol. The van der Waals surface area contributed by atoms with E-state index in [1.54, 1.807) is 42.0 Å². The molecule has 126 valence electrons. The number of rotatable bonds is 4. The van der Waals surface area contributed by atoms with Crippen molar-refractivity contribution in [1.82, 2.24) is 9.80 Å². The van der Waals surface area contributed by atoms with Gasteiger partial charge in [-0.2, -0.15) is 0 Å². The molecule has 1 saturated heterocycles. The Bertz CT molecular complexity index is 574. The molecule has 0 aliphatic carbocycles. The third-order valence-corrected chi connectivity index (χ3v) is 3.94. The third-order valence-electron chi connectivity index (χ3n) is 3.94. The Labute approximate surface area is 137 Å². The number of hydrogen-bond donors (Lipinski definition) is 0. The number of methoxy groups -OCH3 is 1. The molecule has 2 amide bonds. The van der Waals surface area contributed by atoms with Crippen LogP contribution in [0.3, 0.4) is 0 Å². The van der Waals surface area contributed by atoms with Crippen LogP contribution in [0.1, 0.15) is 30.6 Å². The number of nitrogens with zero attached hydrogens (tertiary/aromatic N) is 2. The highest BCUT2D eigenvalue weighted by molar-refractivity contribution is 5.95. The van der Waals surface area contributed by atoms with Gasteiger partial charge in [0.1, 0.15) is 0 Å². The van der Waals surface area contributed by atoms with Crippen LogP contribution in [0, 0.1) is 0 Å². The molecule has 0 atom stereocenters. The fourth-order valence-corrected chi connectivity index (χ4v) is 2.69. The number of amides is 2. The van der Waals surface area contributed by atoms with Crippen molar-refractivity contribution in [1.29, 1.82) is 0 Å². The van der Waals surface area contributed by atoms with Crippen molar-refractivity contribution in [3.8, 4) is 11.5 Å². The first-order valence-electron chi connectivity index (χ1n) is 7.92. The maximum atomic E-state index is 12.7. The van der Waals surface area contributed by atoms with E-state index in [2.05, 4.69) is 0 Å². The second-order valence-corrected chi connectivity index (χ2v) is 5.45. The lowest BCUT2D eigenvalue weighted by Crippen LogP contribution is -2.36. The Morgan fingerprint density at radius 3 is 2.43 bits per heavy atom. The molecular formula is C17H24N2O4. The summed E-state index contributed by atoms with van der Waals surface area (Å²) in [4.78, 5) is 27.7. The molecule has 1 aliphatic rings. The standard InChI is InChI=1S/C17H24N2O4/c1-4-23-15-7-6-14(12-16(15)22-3)17(21)19-9-5-8-18(10-11-19)13(2)20/h6-7,12H,4-5,8-11H2,1-3H3. The summed E-state index contributed by atoms with van der Waals surface area (Å²) >= 11 is 0. The van der Waals surface area contributed by atoms with Gasteiger partial charge in [0, 0.05) is 38.7 Å². The van der Waals surface area contributed by atoms with Gasteiger partial charge in [0.15, 0.2) is 11.5 Å². The molecule has 0 unspecified atom stereocenters. The van der Waals surface area contributed by atoms with Crippen molar-refractivity contribution in [3.05, 3.63) is 23.8 Å². The highest BCUT2D eigenvalue weighted by atomic mass is 16.5. The minimum Gasteiger partial charge on any atom is -0.493 e. The van der Waals surface area contributed by atoms with Crippen molar-refractivity contribution in [2.24, 2.45) is 0 Å². The number of ether oxygens (including phenoxy) is 2. The first kappa shape index (κ1) is 17.1. The molecule has 0 saturated carbocycles. The van der Waals surface area contributed by atoms with Crippen LogP contribution in [-0.4, -0.2) is 61.5 Å². The number of carbonyl (C=O) groups is 2. The van der Waals surface area contributed by atoms with E-state index in [4.69, 9.17) is 9.47 Å². The smallest absolute Gasteiger partial charge is 0.254 e. The monoisotopic (exact) mass is 320 g/mol. The van der Waals surface area contributed by atoms with Crippen LogP contribution in [0.4, 0.5) is 0 Å². The molecule has 1 heterocycles. The van der Waals surface area contributed by atoms with Gasteiger partial charge in [-0.25, -0.2) is 0 Å². The lowest BCUT2D eigenvalue weighted by Gasteiger charge is -2.22. The molecule has 23 heavy (non-hydrogen) atoms. The molecule has 6 heteroatoms. The zero-order valence-corrected chi connectivity index (χ0v) is 14.0. The zero-order chi connectivity index (χ0) is 16.8. The molecule has 1 aliphatic heterocycles. The van der Waals surface area contributed by atoms with Crippen molar-refractivity contribution >= 4 is 11.8 Å². The van der Waals surface area contributed by atoms with Crippen LogP contribution in [0.5, 0.6) is 11.5 Å². The minimum atomic E-state index is -0.0447. The Hall–Kier alpha value is -2.24. The molecular weight excluding hydrogens is 296 g/mol. The molecule has 0 radical (unpaired) electrons. The largest absolute Gasteiger partial charge is 0.493 e. The van der Waals surface area contributed by atoms with Crippen LogP contribution in [0.2, 0.25) is 0 Å². The maximum absolute atomic E-state index is 12.7. The van der Waals surface area contributed by atoms with E-state index in [1.165, 1.54) is 0 Å². The van der Waals surface area contributed by atoms with Gasteiger partial charge in [-0.1, -0.05) is 0 Å². The lowest BCUT2D eigenvalue weighted by atomic mass is 10.1. The van der Waals surface area contributed by atoms with Gasteiger partial charge in [-0.05, 0) is 31.5 Å². The first-order valence-corrected chi connectivity index (χ1v) is 7.92. The summed E-state index contributed by atoms with van der Waals surface area (Å²) in [5.41, 5.74) is 0.571. The molecule has 0 aromatic heterocycles. The molecule has 0 bridgehead atoms. The second kappa shape index (κ2) is 7.85. The highest BCUT2D eigenvalue weighted by Gasteiger charge is 2.22. The lowest BCUT2D eigenvalue weighted by molar-refractivity contribution is -0.128. The Morgan fingerprint density at radius 2 is 1.78 bits per heavy atom. The molecule has 1 aromatic rings. The van der Waals surface area contributed by atoms with Crippen LogP contribution in [-0.2, 0) is 4.79 Å². The highest BCUT2D eigenvalue weighted by Crippen LogP contribution is 2.28. The van der Waals surface area contributed by atoms with Crippen molar-refractivity contribution in [2.45, 2.75) is 20.3 Å². The number of benzene rings is 1. The van der Waals surface area contributed by atoms with Crippen molar-refractivity contribution in [2.75, 3.05) is 39.9 Å². The summed E-state index contributed by atoms with van der Waals surface area (Å²) in [6, 6.07) is 5.22. The molecule has 0 spiro atoms. The van der Waals surface area contributed by atoms with Gasteiger partial charge in [0.25, 0.3) is 5.91 Å². The van der Waals surface area contributed by atoms with Gasteiger partial charge >= 0.3 is 0 Å². The van der Waals surface area contributed by atoms with E-state index < -0.39 is 0 Å². The van der Waals surface area contributed by atoms with Gasteiger partial charge < -0.3 is 19.3 Å². The zero-order valence-electron chi connectivity index (χ0n) is 14.0. The van der Waals surface area contributed by atoms with Crippen LogP contribution < -0.4 is 9.47 Å². The normalized spacial score (nSPS) is 15.1. The Morgan fingerprint density at radius 1 is 1.09 bits per heavy atom. The van der Waals surface area contributed by atoms with Gasteiger partial charge in [0.2, 0.25) is 5.91 Å². The number of hydrogen-bond acceptors (Lipinski definition) is 4. The SMILES string of the molecule is CCOc1ccc(C(=O)N2CCCN(C(C)=O)CC2)cc1OC. The summed E-state index contributed by atoms with van der Waals surface area (Å²) in [6.07, 6.45) is 0.791. The summed E-state index contributed by atoms with van der Waals surface area (Å²) in [5, 5.41) is 0. The molecule has 1 aromatic carbocycles. The van der Waals surface area contributed by atoms with E-state index in [9.17, 15) is 9.59 Å². The van der Waals surface area contributed by atoms with Gasteiger partial charge in [-0.15, -0.1) is 0 Å². The van der Waals surface area contributed by atoms with E-state index in [0.29, 0.717) is 49.8 Å². The fraction of sp³-hybridized carbons (Fsp3) is 0.529. The van der Waals surface area contributed by atoms with Crippen LogP contribution in [0.15, 0.2) is 18.2 Å². The first-order chi connectivity index (χ1) is 11.1. The van der Waals surface area contributed by atoms with Crippen LogP contribution >= 0.6 is 0 Å². The predicted octanol–water partition coefficient (Wildman–Crippen LogP) is 1.79. The quantitative estimate of drug-likeness (QED) is 0.848. The molecule has 6 nitrogen and oxygen atoms in total. The maximum Gasteiger partial charge on any atom is 0.254 e. The van der Waals surface area contributed by atoms with E-state index >= 15 is 0 Å². The predicted molar refractivity (Wildman–Crippen MR) is 86.9 cm³/mol. The topological polar surface area (TPSA) is 59.1 Å². The molecule has 1 fully saturated rings. The number of carbonyl (C=O) groups excluding carboxylic acids is 2.